The van der Waals surface area contributed by atoms with Gasteiger partial charge in [0.2, 0.25) is 0 Å². The molecule has 0 heterocycles. The molecule has 0 fully saturated rings. The van der Waals surface area contributed by atoms with E-state index in [1.165, 1.54) is 6.07 Å². The number of hydrogen-bond donors (Lipinski definition) is 1. The molecule has 0 aromatic heterocycles. The molecule has 0 bridgehead atoms. The van der Waals surface area contributed by atoms with Crippen molar-refractivity contribution in [3.05, 3.63) is 29.6 Å². The molecule has 1 atom stereocenters. The van der Waals surface area contributed by atoms with Gasteiger partial charge in [0.25, 0.3) is 0 Å². The molecule has 1 aromatic rings. The average Bonchev–Trinajstić information content (AvgIpc) is 2.14. The van der Waals surface area contributed by atoms with Crippen molar-refractivity contribution in [1.82, 2.24) is 0 Å². The lowest BCUT2D eigenvalue weighted by Gasteiger charge is -2.20. The number of rotatable bonds is 4. The predicted octanol–water partition coefficient (Wildman–Crippen LogP) is 3.66. The smallest absolute Gasteiger partial charge is 0.131 e. The van der Waals surface area contributed by atoms with E-state index in [9.17, 15) is 4.39 Å². The Hall–Kier alpha value is -1.09. The summed E-state index contributed by atoms with van der Waals surface area (Å²) in [5.74, 6) is 0.262. The zero-order valence-electron chi connectivity index (χ0n) is 11.1. The van der Waals surface area contributed by atoms with Crippen molar-refractivity contribution in [2.75, 3.05) is 6.61 Å². The first kappa shape index (κ1) is 14.0. The standard InChI is InChI=1S/C14H22FNO/c1-10(16)13-11(15)6-5-7-12(13)17-9-8-14(2,3)4/h5-7,10H,8-9,16H2,1-4H3/t10-/m1/s1. The Morgan fingerprint density at radius 3 is 2.53 bits per heavy atom. The van der Waals surface area contributed by atoms with Crippen LogP contribution in [-0.4, -0.2) is 6.61 Å². The normalized spacial score (nSPS) is 13.5. The van der Waals surface area contributed by atoms with Gasteiger partial charge in [-0.15, -0.1) is 0 Å². The van der Waals surface area contributed by atoms with Crippen LogP contribution in [0.5, 0.6) is 5.75 Å². The fourth-order valence-corrected chi connectivity index (χ4v) is 1.55. The SMILES string of the molecule is C[C@@H](N)c1c(F)cccc1OCCC(C)(C)C. The van der Waals surface area contributed by atoms with Crippen molar-refractivity contribution < 1.29 is 9.13 Å². The highest BCUT2D eigenvalue weighted by atomic mass is 19.1. The topological polar surface area (TPSA) is 35.2 Å². The van der Waals surface area contributed by atoms with Crippen LogP contribution in [0.4, 0.5) is 4.39 Å². The summed E-state index contributed by atoms with van der Waals surface area (Å²) in [6, 6.07) is 4.47. The molecule has 0 saturated heterocycles. The van der Waals surface area contributed by atoms with Crippen LogP contribution in [0.25, 0.3) is 0 Å². The van der Waals surface area contributed by atoms with E-state index >= 15 is 0 Å². The Kier molecular flexibility index (Phi) is 4.52. The highest BCUT2D eigenvalue weighted by molar-refractivity contribution is 5.36. The maximum Gasteiger partial charge on any atom is 0.131 e. The van der Waals surface area contributed by atoms with Crippen molar-refractivity contribution >= 4 is 0 Å². The molecule has 96 valence electrons. The second kappa shape index (κ2) is 5.50. The Morgan fingerprint density at radius 1 is 1.35 bits per heavy atom. The summed E-state index contributed by atoms with van der Waals surface area (Å²) in [6.07, 6.45) is 0.919. The summed E-state index contributed by atoms with van der Waals surface area (Å²) >= 11 is 0. The van der Waals surface area contributed by atoms with Gasteiger partial charge in [-0.3, -0.25) is 0 Å². The van der Waals surface area contributed by atoms with E-state index in [1.54, 1.807) is 19.1 Å². The van der Waals surface area contributed by atoms with Crippen LogP contribution in [-0.2, 0) is 0 Å². The number of halogens is 1. The highest BCUT2D eigenvalue weighted by Gasteiger charge is 2.15. The Bertz CT molecular complexity index is 369. The minimum Gasteiger partial charge on any atom is -0.493 e. The van der Waals surface area contributed by atoms with E-state index in [1.807, 2.05) is 0 Å². The average molecular weight is 239 g/mol. The summed E-state index contributed by atoms with van der Waals surface area (Å²) < 4.78 is 19.2. The molecule has 17 heavy (non-hydrogen) atoms. The summed E-state index contributed by atoms with van der Waals surface area (Å²) in [5.41, 5.74) is 6.42. The van der Waals surface area contributed by atoms with Gasteiger partial charge < -0.3 is 10.5 Å². The quantitative estimate of drug-likeness (QED) is 0.870. The monoisotopic (exact) mass is 239 g/mol. The van der Waals surface area contributed by atoms with Gasteiger partial charge in [-0.1, -0.05) is 26.8 Å². The highest BCUT2D eigenvalue weighted by Crippen LogP contribution is 2.27. The van der Waals surface area contributed by atoms with Gasteiger partial charge in [-0.2, -0.15) is 0 Å². The van der Waals surface area contributed by atoms with Crippen molar-refractivity contribution in [3.8, 4) is 5.75 Å². The molecule has 3 heteroatoms. The molecule has 0 aliphatic heterocycles. The van der Waals surface area contributed by atoms with Crippen LogP contribution in [0.1, 0.15) is 45.7 Å². The lowest BCUT2D eigenvalue weighted by atomic mass is 9.93. The Balaban J connectivity index is 2.74. The third kappa shape index (κ3) is 4.35. The van der Waals surface area contributed by atoms with Crippen molar-refractivity contribution in [1.29, 1.82) is 0 Å². The number of ether oxygens (including phenoxy) is 1. The van der Waals surface area contributed by atoms with Gasteiger partial charge in [-0.05, 0) is 30.9 Å². The van der Waals surface area contributed by atoms with Crippen LogP contribution in [0.2, 0.25) is 0 Å². The number of benzene rings is 1. The van der Waals surface area contributed by atoms with Crippen LogP contribution in [0, 0.1) is 11.2 Å². The number of hydrogen-bond acceptors (Lipinski definition) is 2. The number of nitrogens with two attached hydrogens (primary N) is 1. The second-order valence-corrected chi connectivity index (χ2v) is 5.60. The fraction of sp³-hybridized carbons (Fsp3) is 0.571. The lowest BCUT2D eigenvalue weighted by molar-refractivity contribution is 0.239. The minimum absolute atomic E-state index is 0.210. The van der Waals surface area contributed by atoms with E-state index in [2.05, 4.69) is 20.8 Å². The van der Waals surface area contributed by atoms with Crippen LogP contribution < -0.4 is 10.5 Å². The van der Waals surface area contributed by atoms with Gasteiger partial charge in [0.05, 0.1) is 6.61 Å². The third-order valence-corrected chi connectivity index (χ3v) is 2.58. The molecule has 0 radical (unpaired) electrons. The van der Waals surface area contributed by atoms with Crippen molar-refractivity contribution in [2.45, 2.75) is 40.2 Å². The minimum atomic E-state index is -0.360. The van der Waals surface area contributed by atoms with Gasteiger partial charge in [0.15, 0.2) is 0 Å². The first-order chi connectivity index (χ1) is 7.81. The molecule has 0 unspecified atom stereocenters. The predicted molar refractivity (Wildman–Crippen MR) is 68.6 cm³/mol. The summed E-state index contributed by atoms with van der Waals surface area (Å²) in [6.45, 7) is 8.78. The van der Waals surface area contributed by atoms with Crippen molar-refractivity contribution in [3.63, 3.8) is 0 Å². The van der Waals surface area contributed by atoms with Gasteiger partial charge >= 0.3 is 0 Å². The summed E-state index contributed by atoms with van der Waals surface area (Å²) in [7, 11) is 0. The van der Waals surface area contributed by atoms with Gasteiger partial charge in [-0.25, -0.2) is 4.39 Å². The third-order valence-electron chi connectivity index (χ3n) is 2.58. The molecule has 0 aliphatic carbocycles. The molecule has 1 aromatic carbocycles. The van der Waals surface area contributed by atoms with E-state index in [4.69, 9.17) is 10.5 Å². The Morgan fingerprint density at radius 2 is 2.00 bits per heavy atom. The molecular formula is C14H22FNO. The first-order valence-corrected chi connectivity index (χ1v) is 5.98. The van der Waals surface area contributed by atoms with Crippen LogP contribution in [0.15, 0.2) is 18.2 Å². The zero-order chi connectivity index (χ0) is 13.1. The molecule has 0 spiro atoms. The molecule has 1 rings (SSSR count). The zero-order valence-corrected chi connectivity index (χ0v) is 11.1. The summed E-state index contributed by atoms with van der Waals surface area (Å²) in [4.78, 5) is 0. The van der Waals surface area contributed by atoms with Crippen molar-refractivity contribution in [2.24, 2.45) is 11.1 Å². The van der Waals surface area contributed by atoms with Gasteiger partial charge in [0, 0.05) is 11.6 Å². The van der Waals surface area contributed by atoms with Crippen LogP contribution >= 0.6 is 0 Å². The molecule has 0 saturated carbocycles. The fourth-order valence-electron chi connectivity index (χ4n) is 1.55. The first-order valence-electron chi connectivity index (χ1n) is 5.98. The van der Waals surface area contributed by atoms with E-state index in [-0.39, 0.29) is 17.3 Å². The van der Waals surface area contributed by atoms with E-state index < -0.39 is 0 Å². The molecule has 2 N–H and O–H groups in total. The van der Waals surface area contributed by atoms with Gasteiger partial charge in [0.1, 0.15) is 11.6 Å². The lowest BCUT2D eigenvalue weighted by Crippen LogP contribution is -2.14. The molecule has 2 nitrogen and oxygen atoms in total. The maximum atomic E-state index is 13.6. The largest absolute Gasteiger partial charge is 0.493 e. The Labute approximate surface area is 103 Å². The molecule has 0 aliphatic rings. The van der Waals surface area contributed by atoms with Crippen LogP contribution in [0.3, 0.4) is 0 Å². The maximum absolute atomic E-state index is 13.6. The second-order valence-electron chi connectivity index (χ2n) is 5.60. The van der Waals surface area contributed by atoms with E-state index in [0.29, 0.717) is 17.9 Å². The molecular weight excluding hydrogens is 217 g/mol. The summed E-state index contributed by atoms with van der Waals surface area (Å²) in [5, 5.41) is 0. The van der Waals surface area contributed by atoms with E-state index in [0.717, 1.165) is 6.42 Å². The molecule has 0 amide bonds.